The van der Waals surface area contributed by atoms with E-state index in [1.54, 1.807) is 0 Å². The number of carbonyl (C=O) groups excluding carboxylic acids is 2. The molecule has 0 bridgehead atoms. The van der Waals surface area contributed by atoms with Crippen molar-refractivity contribution in [2.75, 3.05) is 14.2 Å². The number of hydrogen-bond acceptors (Lipinski definition) is 4. The first-order valence-corrected chi connectivity index (χ1v) is 5.80. The van der Waals surface area contributed by atoms with Crippen LogP contribution in [0.5, 0.6) is 0 Å². The number of ether oxygens (including phenoxy) is 2. The molecule has 0 aromatic carbocycles. The summed E-state index contributed by atoms with van der Waals surface area (Å²) in [6.45, 7) is 0. The van der Waals surface area contributed by atoms with E-state index in [-0.39, 0.29) is 11.9 Å². The van der Waals surface area contributed by atoms with Crippen molar-refractivity contribution < 1.29 is 19.1 Å². The third kappa shape index (κ3) is 1.16. The number of methoxy groups -OCH3 is 2. The van der Waals surface area contributed by atoms with Gasteiger partial charge in [-0.15, -0.1) is 0 Å². The third-order valence-electron chi connectivity index (χ3n) is 4.48. The monoisotopic (exact) mass is 226 g/mol. The molecule has 0 atom stereocenters. The molecule has 0 radical (unpaired) electrons. The minimum atomic E-state index is -0.602. The zero-order chi connectivity index (χ0) is 11.8. The molecular formula is C12H18O4. The number of rotatable bonds is 2. The van der Waals surface area contributed by atoms with E-state index < -0.39 is 10.8 Å². The second-order valence-electron chi connectivity index (χ2n) is 4.85. The van der Waals surface area contributed by atoms with Gasteiger partial charge in [-0.3, -0.25) is 9.59 Å². The van der Waals surface area contributed by atoms with E-state index in [1.165, 1.54) is 14.2 Å². The van der Waals surface area contributed by atoms with E-state index in [9.17, 15) is 9.59 Å². The summed E-state index contributed by atoms with van der Waals surface area (Å²) in [4.78, 5) is 24.0. The van der Waals surface area contributed by atoms with Crippen molar-refractivity contribution in [3.05, 3.63) is 0 Å². The Labute approximate surface area is 95.3 Å². The van der Waals surface area contributed by atoms with Crippen molar-refractivity contribution in [1.82, 2.24) is 0 Å². The Bertz CT molecular complexity index is 281. The summed E-state index contributed by atoms with van der Waals surface area (Å²) < 4.78 is 9.82. The van der Waals surface area contributed by atoms with E-state index >= 15 is 0 Å². The van der Waals surface area contributed by atoms with Crippen LogP contribution in [0.25, 0.3) is 0 Å². The molecular weight excluding hydrogens is 208 g/mol. The van der Waals surface area contributed by atoms with Gasteiger partial charge in [0.1, 0.15) is 0 Å². The van der Waals surface area contributed by atoms with E-state index in [1.807, 2.05) is 0 Å². The minimum Gasteiger partial charge on any atom is -0.469 e. The summed E-state index contributed by atoms with van der Waals surface area (Å²) in [5, 5.41) is 0. The Morgan fingerprint density at radius 2 is 1.12 bits per heavy atom. The molecule has 2 fully saturated rings. The number of esters is 2. The summed E-state index contributed by atoms with van der Waals surface area (Å²) in [6, 6.07) is 0. The van der Waals surface area contributed by atoms with Gasteiger partial charge in [0.05, 0.1) is 25.0 Å². The fraction of sp³-hybridized carbons (Fsp3) is 0.833. The van der Waals surface area contributed by atoms with Crippen molar-refractivity contribution in [3.63, 3.8) is 0 Å². The number of carbonyl (C=O) groups is 2. The Balaban J connectivity index is 2.42. The highest BCUT2D eigenvalue weighted by molar-refractivity contribution is 5.89. The lowest BCUT2D eigenvalue weighted by atomic mass is 9.68. The van der Waals surface area contributed by atoms with Crippen LogP contribution in [0, 0.1) is 10.8 Å². The zero-order valence-electron chi connectivity index (χ0n) is 9.88. The van der Waals surface area contributed by atoms with Gasteiger partial charge in [-0.25, -0.2) is 0 Å². The van der Waals surface area contributed by atoms with Gasteiger partial charge < -0.3 is 9.47 Å². The van der Waals surface area contributed by atoms with Crippen molar-refractivity contribution in [2.24, 2.45) is 10.8 Å². The second kappa shape index (κ2) is 3.75. The molecule has 2 aliphatic carbocycles. The van der Waals surface area contributed by atoms with Crippen LogP contribution >= 0.6 is 0 Å². The van der Waals surface area contributed by atoms with Gasteiger partial charge in [-0.1, -0.05) is 12.8 Å². The van der Waals surface area contributed by atoms with Crippen molar-refractivity contribution >= 4 is 11.9 Å². The Morgan fingerprint density at radius 1 is 0.812 bits per heavy atom. The highest BCUT2D eigenvalue weighted by Gasteiger charge is 2.67. The quantitative estimate of drug-likeness (QED) is 0.672. The average Bonchev–Trinajstić information content (AvgIpc) is 2.82. The lowest BCUT2D eigenvalue weighted by Crippen LogP contribution is -2.46. The van der Waals surface area contributed by atoms with E-state index in [2.05, 4.69) is 0 Å². The minimum absolute atomic E-state index is 0.229. The summed E-state index contributed by atoms with van der Waals surface area (Å²) in [6.07, 6.45) is 4.85. The smallest absolute Gasteiger partial charge is 0.312 e. The van der Waals surface area contributed by atoms with Crippen molar-refractivity contribution in [2.45, 2.75) is 38.5 Å². The maximum Gasteiger partial charge on any atom is 0.312 e. The molecule has 90 valence electrons. The molecule has 2 aliphatic rings. The second-order valence-corrected chi connectivity index (χ2v) is 4.85. The largest absolute Gasteiger partial charge is 0.469 e. The normalized spacial score (nSPS) is 36.9. The van der Waals surface area contributed by atoms with Crippen LogP contribution in [0.2, 0.25) is 0 Å². The zero-order valence-corrected chi connectivity index (χ0v) is 9.88. The molecule has 0 aliphatic heterocycles. The van der Waals surface area contributed by atoms with Gasteiger partial charge in [0.2, 0.25) is 0 Å². The van der Waals surface area contributed by atoms with Crippen molar-refractivity contribution in [3.8, 4) is 0 Å². The molecule has 16 heavy (non-hydrogen) atoms. The number of hydrogen-bond donors (Lipinski definition) is 0. The maximum atomic E-state index is 12.0. The molecule has 0 saturated heterocycles. The lowest BCUT2D eigenvalue weighted by molar-refractivity contribution is -0.172. The van der Waals surface area contributed by atoms with E-state index in [0.29, 0.717) is 0 Å². The molecule has 0 heterocycles. The molecule has 0 aromatic rings. The molecule has 0 amide bonds. The fourth-order valence-corrected chi connectivity index (χ4v) is 3.78. The van der Waals surface area contributed by atoms with E-state index in [4.69, 9.17) is 9.47 Å². The predicted molar refractivity (Wildman–Crippen MR) is 56.6 cm³/mol. The standard InChI is InChI=1S/C12H18O4/c1-15-9(13)11-5-3-7-12(11,8-4-6-11)10(14)16-2/h3-8H2,1-2H3. The topological polar surface area (TPSA) is 52.6 Å². The summed E-state index contributed by atoms with van der Waals surface area (Å²) in [7, 11) is 2.80. The SMILES string of the molecule is COC(=O)C12CCCC1(C(=O)OC)CCC2. The van der Waals surface area contributed by atoms with Crippen LogP contribution in [0.4, 0.5) is 0 Å². The van der Waals surface area contributed by atoms with Crippen LogP contribution in [-0.4, -0.2) is 26.2 Å². The van der Waals surface area contributed by atoms with Crippen molar-refractivity contribution in [1.29, 1.82) is 0 Å². The summed E-state index contributed by atoms with van der Waals surface area (Å²) in [5.41, 5.74) is -1.20. The molecule has 4 nitrogen and oxygen atoms in total. The van der Waals surface area contributed by atoms with Crippen LogP contribution in [0.3, 0.4) is 0 Å². The van der Waals surface area contributed by atoms with Gasteiger partial charge in [-0.2, -0.15) is 0 Å². The Hall–Kier alpha value is -1.06. The van der Waals surface area contributed by atoms with Crippen LogP contribution in [0.1, 0.15) is 38.5 Å². The van der Waals surface area contributed by atoms with Gasteiger partial charge >= 0.3 is 11.9 Å². The predicted octanol–water partition coefficient (Wildman–Crippen LogP) is 1.67. The van der Waals surface area contributed by atoms with E-state index in [0.717, 1.165) is 38.5 Å². The molecule has 0 spiro atoms. The maximum absolute atomic E-state index is 12.0. The summed E-state index contributed by atoms with van der Waals surface area (Å²) in [5.74, 6) is -0.458. The number of fused-ring (bicyclic) bond motifs is 1. The van der Waals surface area contributed by atoms with Crippen LogP contribution < -0.4 is 0 Å². The first kappa shape index (κ1) is 11.4. The molecule has 2 saturated carbocycles. The first-order chi connectivity index (χ1) is 7.63. The molecule has 0 unspecified atom stereocenters. The first-order valence-electron chi connectivity index (χ1n) is 5.80. The van der Waals surface area contributed by atoms with Crippen LogP contribution in [0.15, 0.2) is 0 Å². The Kier molecular flexibility index (Phi) is 2.68. The lowest BCUT2D eigenvalue weighted by Gasteiger charge is -2.35. The highest BCUT2D eigenvalue weighted by atomic mass is 16.5. The summed E-state index contributed by atoms with van der Waals surface area (Å²) >= 11 is 0. The van der Waals surface area contributed by atoms with Crippen LogP contribution in [-0.2, 0) is 19.1 Å². The molecule has 4 heteroatoms. The fourth-order valence-electron chi connectivity index (χ4n) is 3.78. The average molecular weight is 226 g/mol. The molecule has 2 rings (SSSR count). The third-order valence-corrected chi connectivity index (χ3v) is 4.48. The van der Waals surface area contributed by atoms with Gasteiger partial charge in [0.25, 0.3) is 0 Å². The van der Waals surface area contributed by atoms with Gasteiger partial charge in [-0.05, 0) is 25.7 Å². The Morgan fingerprint density at radius 3 is 1.38 bits per heavy atom. The van der Waals surface area contributed by atoms with Gasteiger partial charge in [0.15, 0.2) is 0 Å². The molecule has 0 N–H and O–H groups in total. The molecule has 0 aromatic heterocycles. The van der Waals surface area contributed by atoms with Gasteiger partial charge in [0, 0.05) is 0 Å². The highest BCUT2D eigenvalue weighted by Crippen LogP contribution is 2.63.